The molecule has 4 heteroatoms. The minimum absolute atomic E-state index is 0.111. The van der Waals surface area contributed by atoms with Crippen LogP contribution in [0.1, 0.15) is 23.2 Å². The van der Waals surface area contributed by atoms with Crippen LogP contribution in [0.2, 0.25) is 0 Å². The highest BCUT2D eigenvalue weighted by molar-refractivity contribution is 5.97. The van der Waals surface area contributed by atoms with E-state index in [2.05, 4.69) is 0 Å². The number of carbonyl (C=O) groups excluding carboxylic acids is 1. The van der Waals surface area contributed by atoms with Gasteiger partial charge in [0.05, 0.1) is 25.7 Å². The van der Waals surface area contributed by atoms with Crippen molar-refractivity contribution < 1.29 is 14.3 Å². The second-order valence-electron chi connectivity index (χ2n) is 3.47. The Morgan fingerprint density at radius 3 is 2.81 bits per heavy atom. The van der Waals surface area contributed by atoms with Crippen molar-refractivity contribution in [2.75, 3.05) is 13.2 Å². The molecule has 0 spiro atoms. The average Bonchev–Trinajstić information content (AvgIpc) is 2.53. The van der Waals surface area contributed by atoms with E-state index in [9.17, 15) is 4.79 Å². The summed E-state index contributed by atoms with van der Waals surface area (Å²) < 4.78 is 10.9. The Labute approximate surface area is 93.4 Å². The van der Waals surface area contributed by atoms with E-state index >= 15 is 0 Å². The van der Waals surface area contributed by atoms with Crippen molar-refractivity contribution in [1.82, 2.24) is 0 Å². The number of benzene rings is 1. The van der Waals surface area contributed by atoms with Crippen LogP contribution >= 0.6 is 0 Å². The summed E-state index contributed by atoms with van der Waals surface area (Å²) in [6.07, 6.45) is 0.718. The highest BCUT2D eigenvalue weighted by atomic mass is 16.5. The molecule has 0 fully saturated rings. The van der Waals surface area contributed by atoms with Crippen molar-refractivity contribution in [2.45, 2.75) is 12.8 Å². The maximum Gasteiger partial charge on any atom is 0.177 e. The zero-order valence-corrected chi connectivity index (χ0v) is 8.73. The lowest BCUT2D eigenvalue weighted by molar-refractivity contribution is 0.0997. The summed E-state index contributed by atoms with van der Waals surface area (Å²) in [5, 5.41) is 8.45. The third-order valence-electron chi connectivity index (χ3n) is 2.31. The summed E-state index contributed by atoms with van der Waals surface area (Å²) in [5.74, 6) is 1.05. The van der Waals surface area contributed by atoms with Crippen LogP contribution in [-0.4, -0.2) is 19.0 Å². The van der Waals surface area contributed by atoms with Gasteiger partial charge >= 0.3 is 0 Å². The second kappa shape index (κ2) is 4.67. The number of ether oxygens (including phenoxy) is 2. The van der Waals surface area contributed by atoms with Gasteiger partial charge in [-0.3, -0.25) is 4.79 Å². The Balaban J connectivity index is 2.28. The number of ketones is 1. The molecule has 1 aliphatic rings. The lowest BCUT2D eigenvalue weighted by Gasteiger charge is -2.07. The first-order valence-corrected chi connectivity index (χ1v) is 5.11. The molecule has 82 valence electrons. The molecule has 2 rings (SSSR count). The summed E-state index contributed by atoms with van der Waals surface area (Å²) in [5.41, 5.74) is 0.491. The van der Waals surface area contributed by atoms with Gasteiger partial charge < -0.3 is 9.47 Å². The molecule has 0 saturated carbocycles. The maximum absolute atomic E-state index is 11.5. The zero-order chi connectivity index (χ0) is 11.4. The Hall–Kier alpha value is -2.02. The number of nitrogens with zero attached hydrogens (tertiary/aromatic N) is 1. The number of rotatable bonds is 2. The van der Waals surface area contributed by atoms with E-state index in [1.807, 2.05) is 6.07 Å². The largest absolute Gasteiger partial charge is 0.490 e. The van der Waals surface area contributed by atoms with Crippen molar-refractivity contribution >= 4 is 5.78 Å². The number of Topliss-reactive ketones (excluding diaryl/α,β-unsaturated/α-hetero) is 1. The van der Waals surface area contributed by atoms with E-state index in [1.165, 1.54) is 0 Å². The monoisotopic (exact) mass is 217 g/mol. The lowest BCUT2D eigenvalue weighted by atomic mass is 10.1. The van der Waals surface area contributed by atoms with Crippen molar-refractivity contribution in [3.63, 3.8) is 0 Å². The highest BCUT2D eigenvalue weighted by Crippen LogP contribution is 2.30. The molecule has 4 nitrogen and oxygen atoms in total. The molecular formula is C12H11NO3. The fraction of sp³-hybridized carbons (Fsp3) is 0.333. The van der Waals surface area contributed by atoms with Crippen LogP contribution in [0.4, 0.5) is 0 Å². The van der Waals surface area contributed by atoms with Gasteiger partial charge in [-0.1, -0.05) is 0 Å². The van der Waals surface area contributed by atoms with Crippen molar-refractivity contribution in [3.05, 3.63) is 23.8 Å². The van der Waals surface area contributed by atoms with Gasteiger partial charge in [0.25, 0.3) is 0 Å². The smallest absolute Gasteiger partial charge is 0.177 e. The summed E-state index contributed by atoms with van der Waals surface area (Å²) in [4.78, 5) is 11.5. The van der Waals surface area contributed by atoms with E-state index < -0.39 is 0 Å². The molecule has 16 heavy (non-hydrogen) atoms. The molecule has 0 unspecified atom stereocenters. The summed E-state index contributed by atoms with van der Waals surface area (Å²) >= 11 is 0. The van der Waals surface area contributed by atoms with Gasteiger partial charge in [0.2, 0.25) is 0 Å². The van der Waals surface area contributed by atoms with E-state index in [0.29, 0.717) is 30.3 Å². The standard InChI is InChI=1S/C12H11NO3/c13-5-4-10(14)9-2-3-11-12(8-9)16-7-1-6-15-11/h2-3,8H,1,4,6-7H2. The van der Waals surface area contributed by atoms with Gasteiger partial charge in [0, 0.05) is 12.0 Å². The molecule has 0 N–H and O–H groups in total. The first kappa shape index (κ1) is 10.5. The Kier molecular flexibility index (Phi) is 3.06. The van der Waals surface area contributed by atoms with Gasteiger partial charge in [-0.05, 0) is 18.2 Å². The maximum atomic E-state index is 11.5. The molecular weight excluding hydrogens is 206 g/mol. The predicted octanol–water partition coefficient (Wildman–Crippen LogP) is 1.94. The molecule has 0 atom stereocenters. The number of nitriles is 1. The first-order chi connectivity index (χ1) is 7.81. The summed E-state index contributed by atoms with van der Waals surface area (Å²) in [6, 6.07) is 6.85. The summed E-state index contributed by atoms with van der Waals surface area (Å²) in [6.45, 7) is 1.21. The Morgan fingerprint density at radius 1 is 1.31 bits per heavy atom. The van der Waals surface area contributed by atoms with Crippen LogP contribution in [0.25, 0.3) is 0 Å². The molecule has 0 radical (unpaired) electrons. The van der Waals surface area contributed by atoms with Crippen molar-refractivity contribution in [2.24, 2.45) is 0 Å². The van der Waals surface area contributed by atoms with E-state index in [4.69, 9.17) is 14.7 Å². The van der Waals surface area contributed by atoms with Crippen LogP contribution in [-0.2, 0) is 0 Å². The molecule has 0 saturated heterocycles. The Bertz CT molecular complexity index is 448. The van der Waals surface area contributed by atoms with Crippen LogP contribution in [0.5, 0.6) is 11.5 Å². The fourth-order valence-corrected chi connectivity index (χ4v) is 1.51. The molecule has 0 aliphatic carbocycles. The van der Waals surface area contributed by atoms with E-state index in [1.54, 1.807) is 18.2 Å². The Morgan fingerprint density at radius 2 is 2.06 bits per heavy atom. The van der Waals surface area contributed by atoms with Gasteiger partial charge in [-0.15, -0.1) is 0 Å². The van der Waals surface area contributed by atoms with Crippen LogP contribution in [0.3, 0.4) is 0 Å². The number of carbonyl (C=O) groups is 1. The lowest BCUT2D eigenvalue weighted by Crippen LogP contribution is -1.99. The predicted molar refractivity (Wildman–Crippen MR) is 56.6 cm³/mol. The minimum atomic E-state index is -0.196. The second-order valence-corrected chi connectivity index (χ2v) is 3.47. The molecule has 1 aliphatic heterocycles. The van der Waals surface area contributed by atoms with Gasteiger partial charge in [0.1, 0.15) is 0 Å². The number of hydrogen-bond donors (Lipinski definition) is 0. The van der Waals surface area contributed by atoms with Crippen LogP contribution < -0.4 is 9.47 Å². The van der Waals surface area contributed by atoms with E-state index in [-0.39, 0.29) is 12.2 Å². The third kappa shape index (κ3) is 2.14. The molecule has 1 aromatic rings. The fourth-order valence-electron chi connectivity index (χ4n) is 1.51. The van der Waals surface area contributed by atoms with Gasteiger partial charge in [-0.2, -0.15) is 5.26 Å². The molecule has 0 amide bonds. The van der Waals surface area contributed by atoms with Crippen LogP contribution in [0, 0.1) is 11.3 Å². The molecule has 0 bridgehead atoms. The molecule has 0 aromatic heterocycles. The molecule has 1 aromatic carbocycles. The van der Waals surface area contributed by atoms with Gasteiger partial charge in [-0.25, -0.2) is 0 Å². The number of hydrogen-bond acceptors (Lipinski definition) is 4. The molecule has 1 heterocycles. The summed E-state index contributed by atoms with van der Waals surface area (Å²) in [7, 11) is 0. The van der Waals surface area contributed by atoms with Crippen LogP contribution in [0.15, 0.2) is 18.2 Å². The average molecular weight is 217 g/mol. The van der Waals surface area contributed by atoms with E-state index in [0.717, 1.165) is 6.42 Å². The van der Waals surface area contributed by atoms with Crippen molar-refractivity contribution in [3.8, 4) is 17.6 Å². The normalized spacial score (nSPS) is 13.7. The first-order valence-electron chi connectivity index (χ1n) is 5.11. The zero-order valence-electron chi connectivity index (χ0n) is 8.73. The number of fused-ring (bicyclic) bond motifs is 1. The minimum Gasteiger partial charge on any atom is -0.490 e. The highest BCUT2D eigenvalue weighted by Gasteiger charge is 2.13. The third-order valence-corrected chi connectivity index (χ3v) is 2.31. The van der Waals surface area contributed by atoms with Crippen molar-refractivity contribution in [1.29, 1.82) is 5.26 Å². The quantitative estimate of drug-likeness (QED) is 0.710. The van der Waals surface area contributed by atoms with Gasteiger partial charge in [0.15, 0.2) is 17.3 Å². The SMILES string of the molecule is N#CCC(=O)c1ccc2c(c1)OCCCO2. The topological polar surface area (TPSA) is 59.3 Å².